The molecule has 82 valence electrons. The molecule has 0 radical (unpaired) electrons. The first-order valence-corrected chi connectivity index (χ1v) is 6.44. The van der Waals surface area contributed by atoms with Crippen LogP contribution in [-0.2, 0) is 14.8 Å². The van der Waals surface area contributed by atoms with Crippen molar-refractivity contribution in [2.75, 3.05) is 6.79 Å². The van der Waals surface area contributed by atoms with E-state index in [2.05, 4.69) is 0 Å². The number of benzene rings is 1. The zero-order valence-corrected chi connectivity index (χ0v) is 8.94. The lowest BCUT2D eigenvalue weighted by atomic mass is 10.2. The second-order valence-corrected chi connectivity index (χ2v) is 5.73. The van der Waals surface area contributed by atoms with E-state index in [1.165, 1.54) is 6.07 Å². The van der Waals surface area contributed by atoms with Crippen LogP contribution in [0.1, 0.15) is 5.56 Å². The van der Waals surface area contributed by atoms with Crippen LogP contribution in [0.25, 0.3) is 0 Å². The highest BCUT2D eigenvalue weighted by Crippen LogP contribution is 2.38. The number of hydrogen-bond acceptors (Lipinski definition) is 4. The molecule has 7 heteroatoms. The van der Waals surface area contributed by atoms with E-state index in [0.717, 1.165) is 6.07 Å². The van der Waals surface area contributed by atoms with Gasteiger partial charge in [0.25, 0.3) is 0 Å². The molecule has 0 fully saturated rings. The maximum Gasteiger partial charge on any atom is 0.236 e. The minimum absolute atomic E-state index is 0.0622. The SMILES string of the molecule is O=S(=O)(Cl)Cc1ccc(F)c2c1OCO2. The van der Waals surface area contributed by atoms with Gasteiger partial charge >= 0.3 is 0 Å². The van der Waals surface area contributed by atoms with Crippen LogP contribution in [0.3, 0.4) is 0 Å². The van der Waals surface area contributed by atoms with E-state index in [4.69, 9.17) is 20.2 Å². The van der Waals surface area contributed by atoms with Crippen molar-refractivity contribution in [1.82, 2.24) is 0 Å². The molecule has 1 aromatic carbocycles. The van der Waals surface area contributed by atoms with E-state index >= 15 is 0 Å². The van der Waals surface area contributed by atoms with Crippen molar-refractivity contribution in [1.29, 1.82) is 0 Å². The van der Waals surface area contributed by atoms with Gasteiger partial charge in [0.2, 0.25) is 21.6 Å². The summed E-state index contributed by atoms with van der Waals surface area (Å²) >= 11 is 0. The van der Waals surface area contributed by atoms with Crippen molar-refractivity contribution >= 4 is 19.7 Å². The van der Waals surface area contributed by atoms with Gasteiger partial charge in [-0.05, 0) is 6.07 Å². The molecule has 0 aromatic heterocycles. The van der Waals surface area contributed by atoms with Crippen molar-refractivity contribution in [3.05, 3.63) is 23.5 Å². The summed E-state index contributed by atoms with van der Waals surface area (Å²) in [7, 11) is 1.39. The van der Waals surface area contributed by atoms with Crippen LogP contribution >= 0.6 is 10.7 Å². The molecule has 2 rings (SSSR count). The fourth-order valence-electron chi connectivity index (χ4n) is 1.32. The van der Waals surface area contributed by atoms with Gasteiger partial charge in [-0.1, -0.05) is 6.07 Å². The maximum atomic E-state index is 13.1. The Morgan fingerprint density at radius 2 is 2.00 bits per heavy atom. The van der Waals surface area contributed by atoms with Gasteiger partial charge < -0.3 is 9.47 Å². The first-order valence-electron chi connectivity index (χ1n) is 3.97. The Kier molecular flexibility index (Phi) is 2.47. The Labute approximate surface area is 90.0 Å². The fraction of sp³-hybridized carbons (Fsp3) is 0.250. The monoisotopic (exact) mass is 252 g/mol. The summed E-state index contributed by atoms with van der Waals surface area (Å²) in [6, 6.07) is 2.42. The summed E-state index contributed by atoms with van der Waals surface area (Å²) < 4.78 is 44.7. The van der Waals surface area contributed by atoms with Crippen LogP contribution in [0.2, 0.25) is 0 Å². The Hall–Kier alpha value is -1.01. The quantitative estimate of drug-likeness (QED) is 0.751. The van der Waals surface area contributed by atoms with E-state index < -0.39 is 20.6 Å². The molecule has 15 heavy (non-hydrogen) atoms. The molecular formula is C8H6ClFO4S. The number of hydrogen-bond donors (Lipinski definition) is 0. The number of ether oxygens (including phenoxy) is 2. The van der Waals surface area contributed by atoms with E-state index in [0.29, 0.717) is 5.56 Å². The molecule has 0 atom stereocenters. The van der Waals surface area contributed by atoms with E-state index in [1.807, 2.05) is 0 Å². The van der Waals surface area contributed by atoms with Crippen LogP contribution in [0, 0.1) is 5.82 Å². The lowest BCUT2D eigenvalue weighted by Crippen LogP contribution is -1.98. The van der Waals surface area contributed by atoms with E-state index in [-0.39, 0.29) is 18.3 Å². The molecular weight excluding hydrogens is 247 g/mol. The molecule has 0 saturated carbocycles. The molecule has 0 spiro atoms. The standard InChI is InChI=1S/C8H6ClFO4S/c9-15(11,12)3-5-1-2-6(10)8-7(5)13-4-14-8/h1-2H,3-4H2. The van der Waals surface area contributed by atoms with Crippen molar-refractivity contribution in [2.24, 2.45) is 0 Å². The summed E-state index contributed by atoms with van der Waals surface area (Å²) in [6.07, 6.45) is 0. The predicted molar refractivity (Wildman–Crippen MR) is 51.0 cm³/mol. The van der Waals surface area contributed by atoms with Crippen molar-refractivity contribution in [2.45, 2.75) is 5.75 Å². The lowest BCUT2D eigenvalue weighted by molar-refractivity contribution is 0.170. The number of halogens is 2. The Morgan fingerprint density at radius 1 is 1.33 bits per heavy atom. The molecule has 1 aliphatic heterocycles. The highest BCUT2D eigenvalue weighted by atomic mass is 35.7. The van der Waals surface area contributed by atoms with E-state index in [1.54, 1.807) is 0 Å². The molecule has 1 aliphatic rings. The van der Waals surface area contributed by atoms with Crippen LogP contribution in [0.4, 0.5) is 4.39 Å². The molecule has 0 saturated heterocycles. The largest absolute Gasteiger partial charge is 0.453 e. The van der Waals surface area contributed by atoms with Crippen LogP contribution in [-0.4, -0.2) is 15.2 Å². The summed E-state index contributed by atoms with van der Waals surface area (Å²) in [4.78, 5) is 0. The van der Waals surface area contributed by atoms with Gasteiger partial charge in [0, 0.05) is 16.2 Å². The van der Waals surface area contributed by atoms with Crippen molar-refractivity contribution < 1.29 is 22.3 Å². The minimum atomic E-state index is -3.70. The number of fused-ring (bicyclic) bond motifs is 1. The molecule has 4 nitrogen and oxygen atoms in total. The Morgan fingerprint density at radius 3 is 2.67 bits per heavy atom. The highest BCUT2D eigenvalue weighted by Gasteiger charge is 2.24. The van der Waals surface area contributed by atoms with Crippen molar-refractivity contribution in [3.63, 3.8) is 0 Å². The zero-order valence-electron chi connectivity index (χ0n) is 7.37. The molecule has 0 aliphatic carbocycles. The zero-order chi connectivity index (χ0) is 11.1. The maximum absolute atomic E-state index is 13.1. The first-order chi connectivity index (χ1) is 6.97. The molecule has 0 N–H and O–H groups in total. The third-order valence-corrected chi connectivity index (χ3v) is 2.86. The lowest BCUT2D eigenvalue weighted by Gasteiger charge is -2.03. The normalized spacial score (nSPS) is 14.3. The fourth-order valence-corrected chi connectivity index (χ4v) is 2.27. The molecule has 1 aromatic rings. The second kappa shape index (κ2) is 3.53. The predicted octanol–water partition coefficient (Wildman–Crippen LogP) is 1.62. The topological polar surface area (TPSA) is 52.6 Å². The Bertz CT molecular complexity index is 500. The van der Waals surface area contributed by atoms with Gasteiger partial charge in [0.1, 0.15) is 0 Å². The van der Waals surface area contributed by atoms with Gasteiger partial charge in [-0.15, -0.1) is 0 Å². The summed E-state index contributed by atoms with van der Waals surface area (Å²) in [6.45, 7) is -0.119. The van der Waals surface area contributed by atoms with Gasteiger partial charge in [0.05, 0.1) is 5.75 Å². The van der Waals surface area contributed by atoms with Gasteiger partial charge in [0.15, 0.2) is 11.6 Å². The highest BCUT2D eigenvalue weighted by molar-refractivity contribution is 8.13. The Balaban J connectivity index is 2.47. The van der Waals surface area contributed by atoms with Crippen LogP contribution < -0.4 is 9.47 Å². The van der Waals surface area contributed by atoms with Gasteiger partial charge in [-0.2, -0.15) is 0 Å². The summed E-state index contributed by atoms with van der Waals surface area (Å²) in [5, 5.41) is 0. The summed E-state index contributed by atoms with van der Waals surface area (Å²) in [5.41, 5.74) is 0.291. The smallest absolute Gasteiger partial charge is 0.236 e. The second-order valence-electron chi connectivity index (χ2n) is 2.95. The van der Waals surface area contributed by atoms with Crippen LogP contribution in [0.15, 0.2) is 12.1 Å². The van der Waals surface area contributed by atoms with E-state index in [9.17, 15) is 12.8 Å². The number of rotatable bonds is 2. The molecule has 1 heterocycles. The summed E-state index contributed by atoms with van der Waals surface area (Å²) in [5.74, 6) is -0.953. The van der Waals surface area contributed by atoms with Crippen LogP contribution in [0.5, 0.6) is 11.5 Å². The molecule has 0 amide bonds. The molecule has 0 unspecified atom stereocenters. The van der Waals surface area contributed by atoms with Crippen molar-refractivity contribution in [3.8, 4) is 11.5 Å². The average molecular weight is 253 g/mol. The first kappa shape index (κ1) is 10.5. The third-order valence-electron chi connectivity index (χ3n) is 1.88. The van der Waals surface area contributed by atoms with Gasteiger partial charge in [-0.25, -0.2) is 12.8 Å². The molecule has 0 bridgehead atoms. The minimum Gasteiger partial charge on any atom is -0.453 e. The average Bonchev–Trinajstić information content (AvgIpc) is 2.57. The third kappa shape index (κ3) is 2.15. The van der Waals surface area contributed by atoms with Gasteiger partial charge in [-0.3, -0.25) is 0 Å².